The Hall–Kier alpha value is -3.54. The summed E-state index contributed by atoms with van der Waals surface area (Å²) in [4.78, 5) is 13.1. The number of carbonyl (C=O) groups is 1. The largest absolute Gasteiger partial charge is 0.493 e. The summed E-state index contributed by atoms with van der Waals surface area (Å²) in [6.45, 7) is 1.82. The van der Waals surface area contributed by atoms with Gasteiger partial charge in [0.25, 0.3) is 5.91 Å². The number of methoxy groups -OCH3 is 2. The van der Waals surface area contributed by atoms with Crippen LogP contribution in [0.2, 0.25) is 0 Å². The lowest BCUT2D eigenvalue weighted by molar-refractivity contribution is -0.137. The van der Waals surface area contributed by atoms with Gasteiger partial charge in [0.05, 0.1) is 25.5 Å². The molecule has 1 heterocycles. The molecule has 2 aromatic rings. The normalized spacial score (nSPS) is 15.2. The summed E-state index contributed by atoms with van der Waals surface area (Å²) < 4.78 is 80.4. The number of ether oxygens (including phenoxy) is 2. The molecule has 188 valence electrons. The summed E-state index contributed by atoms with van der Waals surface area (Å²) in [5, 5.41) is 2.37. The lowest BCUT2D eigenvalue weighted by Crippen LogP contribution is -2.39. The Bertz CT molecular complexity index is 1270. The third kappa shape index (κ3) is 5.94. The molecule has 0 aliphatic carbocycles. The first-order chi connectivity index (χ1) is 16.5. The zero-order valence-electron chi connectivity index (χ0n) is 19.2. The highest BCUT2D eigenvalue weighted by atomic mass is 32.2. The first kappa shape index (κ1) is 26.1. The van der Waals surface area contributed by atoms with E-state index < -0.39 is 27.9 Å². The minimum absolute atomic E-state index is 0.0244. The number of benzene rings is 2. The fourth-order valence-electron chi connectivity index (χ4n) is 3.34. The Balaban J connectivity index is 2.04. The van der Waals surface area contributed by atoms with Gasteiger partial charge in [0.1, 0.15) is 5.70 Å². The molecule has 0 bridgehead atoms. The number of halogens is 3. The topological polar surface area (TPSA) is 97.3 Å². The Morgan fingerprint density at radius 1 is 1.09 bits per heavy atom. The minimum atomic E-state index is -4.60. The van der Waals surface area contributed by atoms with Gasteiger partial charge < -0.3 is 14.8 Å². The second-order valence-corrected chi connectivity index (χ2v) is 9.03. The van der Waals surface area contributed by atoms with E-state index in [0.717, 1.165) is 22.5 Å². The standard InChI is InChI=1S/C23H24F3N3O5S/c1-4-5-11-29-19(22(30)27-17-8-6-7-16(13-17)23(24,25)26)14-18(28-35(29,31)32)15-9-10-20(33-2)21(12-15)34-3/h6-10,12-14H,4-5,11H2,1-3H3,(H,27,30). The molecule has 8 nitrogen and oxygen atoms in total. The molecule has 0 saturated heterocycles. The van der Waals surface area contributed by atoms with Crippen molar-refractivity contribution in [2.24, 2.45) is 4.40 Å². The Labute approximate surface area is 201 Å². The second kappa shape index (κ2) is 10.4. The van der Waals surface area contributed by atoms with Crippen LogP contribution in [0.1, 0.15) is 30.9 Å². The summed E-state index contributed by atoms with van der Waals surface area (Å²) in [7, 11) is -1.45. The molecule has 1 N–H and O–H groups in total. The number of nitrogens with zero attached hydrogens (tertiary/aromatic N) is 2. The number of nitrogens with one attached hydrogen (secondary N) is 1. The highest BCUT2D eigenvalue weighted by Gasteiger charge is 2.34. The number of allylic oxidation sites excluding steroid dienone is 1. The molecule has 0 radical (unpaired) electrons. The van der Waals surface area contributed by atoms with Gasteiger partial charge in [-0.05, 0) is 48.9 Å². The van der Waals surface area contributed by atoms with Crippen LogP contribution >= 0.6 is 0 Å². The maximum Gasteiger partial charge on any atom is 0.416 e. The SMILES string of the molecule is CCCCN1C(C(=O)Nc2cccc(C(F)(F)F)c2)=CC(c2ccc(OC)c(OC)c2)=NS1(=O)=O. The van der Waals surface area contributed by atoms with Crippen LogP contribution in [-0.4, -0.2) is 45.1 Å². The molecule has 0 atom stereocenters. The van der Waals surface area contributed by atoms with E-state index in [0.29, 0.717) is 29.9 Å². The van der Waals surface area contributed by atoms with Crippen LogP contribution in [0.4, 0.5) is 18.9 Å². The quantitative estimate of drug-likeness (QED) is 0.567. The number of rotatable bonds is 8. The van der Waals surface area contributed by atoms with Gasteiger partial charge in [-0.15, -0.1) is 4.40 Å². The van der Waals surface area contributed by atoms with Gasteiger partial charge in [-0.3, -0.25) is 4.79 Å². The molecule has 2 aromatic carbocycles. The van der Waals surface area contributed by atoms with Crippen molar-refractivity contribution in [1.29, 1.82) is 0 Å². The third-order valence-corrected chi connectivity index (χ3v) is 6.47. The van der Waals surface area contributed by atoms with E-state index in [1.165, 1.54) is 32.4 Å². The summed E-state index contributed by atoms with van der Waals surface area (Å²) in [6.07, 6.45) is -2.25. The second-order valence-electron chi connectivity index (χ2n) is 7.51. The van der Waals surface area contributed by atoms with Crippen molar-refractivity contribution in [2.75, 3.05) is 26.1 Å². The fourth-order valence-corrected chi connectivity index (χ4v) is 4.59. The van der Waals surface area contributed by atoms with Crippen LogP contribution in [0.3, 0.4) is 0 Å². The fraction of sp³-hybridized carbons (Fsp3) is 0.304. The maximum absolute atomic E-state index is 13.1. The average molecular weight is 512 g/mol. The van der Waals surface area contributed by atoms with Crippen molar-refractivity contribution in [1.82, 2.24) is 4.31 Å². The first-order valence-corrected chi connectivity index (χ1v) is 11.9. The van der Waals surface area contributed by atoms with Gasteiger partial charge in [0, 0.05) is 17.8 Å². The van der Waals surface area contributed by atoms with E-state index in [-0.39, 0.29) is 23.6 Å². The van der Waals surface area contributed by atoms with Gasteiger partial charge in [-0.2, -0.15) is 21.6 Å². The predicted molar refractivity (Wildman–Crippen MR) is 125 cm³/mol. The predicted octanol–water partition coefficient (Wildman–Crippen LogP) is 4.39. The van der Waals surface area contributed by atoms with E-state index in [4.69, 9.17) is 9.47 Å². The van der Waals surface area contributed by atoms with Crippen molar-refractivity contribution in [3.63, 3.8) is 0 Å². The van der Waals surface area contributed by atoms with Crippen LogP contribution in [-0.2, 0) is 21.2 Å². The number of hydrogen-bond donors (Lipinski definition) is 1. The molecule has 1 aliphatic rings. The van der Waals surface area contributed by atoms with Gasteiger partial charge in [-0.1, -0.05) is 19.4 Å². The Morgan fingerprint density at radius 3 is 2.43 bits per heavy atom. The van der Waals surface area contributed by atoms with E-state index in [2.05, 4.69) is 9.71 Å². The summed E-state index contributed by atoms with van der Waals surface area (Å²) in [5.41, 5.74) is -1.04. The third-order valence-electron chi connectivity index (χ3n) is 5.11. The van der Waals surface area contributed by atoms with Crippen LogP contribution in [0.5, 0.6) is 11.5 Å². The molecule has 1 aliphatic heterocycles. The van der Waals surface area contributed by atoms with E-state index in [1.54, 1.807) is 12.1 Å². The van der Waals surface area contributed by atoms with Crippen molar-refractivity contribution in [2.45, 2.75) is 25.9 Å². The molecule has 0 aromatic heterocycles. The lowest BCUT2D eigenvalue weighted by atomic mass is 10.1. The molecule has 1 amide bonds. The summed E-state index contributed by atoms with van der Waals surface area (Å²) >= 11 is 0. The lowest BCUT2D eigenvalue weighted by Gasteiger charge is -2.27. The van der Waals surface area contributed by atoms with Crippen LogP contribution in [0.15, 0.2) is 58.6 Å². The zero-order chi connectivity index (χ0) is 25.8. The number of carbonyl (C=O) groups excluding carboxylic acids is 1. The van der Waals surface area contributed by atoms with Gasteiger partial charge >= 0.3 is 16.4 Å². The summed E-state index contributed by atoms with van der Waals surface area (Å²) in [6, 6.07) is 8.69. The molecule has 35 heavy (non-hydrogen) atoms. The summed E-state index contributed by atoms with van der Waals surface area (Å²) in [5.74, 6) is -0.162. The number of amides is 1. The highest BCUT2D eigenvalue weighted by molar-refractivity contribution is 7.88. The molecule has 12 heteroatoms. The molecule has 0 spiro atoms. The zero-order valence-corrected chi connectivity index (χ0v) is 20.0. The number of anilines is 1. The smallest absolute Gasteiger partial charge is 0.416 e. The number of alkyl halides is 3. The van der Waals surface area contributed by atoms with Crippen LogP contribution in [0.25, 0.3) is 0 Å². The molecule has 0 unspecified atom stereocenters. The van der Waals surface area contributed by atoms with Crippen LogP contribution in [0, 0.1) is 0 Å². The molecular formula is C23H24F3N3O5S. The Morgan fingerprint density at radius 2 is 1.80 bits per heavy atom. The Kier molecular flexibility index (Phi) is 7.73. The van der Waals surface area contributed by atoms with Crippen LogP contribution < -0.4 is 14.8 Å². The first-order valence-electron chi connectivity index (χ1n) is 10.6. The molecule has 3 rings (SSSR count). The van der Waals surface area contributed by atoms with Crippen molar-refractivity contribution in [3.8, 4) is 11.5 Å². The monoisotopic (exact) mass is 511 g/mol. The average Bonchev–Trinajstić information content (AvgIpc) is 2.81. The van der Waals surface area contributed by atoms with Gasteiger partial charge in [-0.25, -0.2) is 4.31 Å². The number of unbranched alkanes of at least 4 members (excludes halogenated alkanes) is 1. The van der Waals surface area contributed by atoms with E-state index in [9.17, 15) is 26.4 Å². The van der Waals surface area contributed by atoms with Gasteiger partial charge in [0.15, 0.2) is 11.5 Å². The molecule has 0 fully saturated rings. The number of hydrogen-bond acceptors (Lipinski definition) is 5. The van der Waals surface area contributed by atoms with Crippen molar-refractivity contribution < 1.29 is 35.9 Å². The van der Waals surface area contributed by atoms with E-state index >= 15 is 0 Å². The van der Waals surface area contributed by atoms with E-state index in [1.807, 2.05) is 6.92 Å². The highest BCUT2D eigenvalue weighted by Crippen LogP contribution is 2.32. The van der Waals surface area contributed by atoms with Gasteiger partial charge in [0.2, 0.25) is 0 Å². The maximum atomic E-state index is 13.1. The molecule has 0 saturated carbocycles. The van der Waals surface area contributed by atoms with Crippen molar-refractivity contribution >= 4 is 27.5 Å². The minimum Gasteiger partial charge on any atom is -0.493 e. The van der Waals surface area contributed by atoms with Crippen molar-refractivity contribution in [3.05, 3.63) is 65.4 Å². The molecular weight excluding hydrogens is 487 g/mol.